The zero-order valence-corrected chi connectivity index (χ0v) is 12.0. The van der Waals surface area contributed by atoms with E-state index in [-0.39, 0.29) is 6.10 Å². The summed E-state index contributed by atoms with van der Waals surface area (Å²) in [4.78, 5) is 0. The van der Waals surface area contributed by atoms with Crippen LogP contribution < -0.4 is 15.2 Å². The molecule has 2 rings (SSSR count). The number of ether oxygens (including phenoxy) is 2. The Morgan fingerprint density at radius 1 is 1.05 bits per heavy atom. The molecular formula is C17H21NO2. The van der Waals surface area contributed by atoms with Crippen LogP contribution in [0.2, 0.25) is 0 Å². The number of nitrogens with two attached hydrogens (primary N) is 1. The third-order valence-electron chi connectivity index (χ3n) is 3.14. The van der Waals surface area contributed by atoms with Crippen LogP contribution in [0.1, 0.15) is 31.1 Å². The van der Waals surface area contributed by atoms with Gasteiger partial charge in [-0.15, -0.1) is 0 Å². The third-order valence-corrected chi connectivity index (χ3v) is 3.14. The van der Waals surface area contributed by atoms with Gasteiger partial charge in [0.05, 0.1) is 6.61 Å². The van der Waals surface area contributed by atoms with Crippen LogP contribution >= 0.6 is 0 Å². The van der Waals surface area contributed by atoms with Gasteiger partial charge in [0.1, 0.15) is 6.10 Å². The van der Waals surface area contributed by atoms with Crippen molar-refractivity contribution in [2.45, 2.75) is 26.5 Å². The van der Waals surface area contributed by atoms with Crippen molar-refractivity contribution in [3.63, 3.8) is 0 Å². The lowest BCUT2D eigenvalue weighted by molar-refractivity contribution is 0.208. The summed E-state index contributed by atoms with van der Waals surface area (Å²) in [7, 11) is 0. The predicted molar refractivity (Wildman–Crippen MR) is 81.0 cm³/mol. The Kier molecular flexibility index (Phi) is 5.02. The van der Waals surface area contributed by atoms with Gasteiger partial charge < -0.3 is 15.2 Å². The normalized spacial score (nSPS) is 11.9. The van der Waals surface area contributed by atoms with E-state index in [9.17, 15) is 0 Å². The lowest BCUT2D eigenvalue weighted by Gasteiger charge is -2.20. The highest BCUT2D eigenvalue weighted by molar-refractivity contribution is 5.47. The van der Waals surface area contributed by atoms with E-state index in [0.717, 1.165) is 22.6 Å². The van der Waals surface area contributed by atoms with E-state index in [0.29, 0.717) is 13.2 Å². The molecule has 1 unspecified atom stereocenters. The highest BCUT2D eigenvalue weighted by Crippen LogP contribution is 2.34. The summed E-state index contributed by atoms with van der Waals surface area (Å²) >= 11 is 0. The van der Waals surface area contributed by atoms with Crippen LogP contribution in [0.5, 0.6) is 11.5 Å². The van der Waals surface area contributed by atoms with Crippen molar-refractivity contribution in [3.05, 3.63) is 59.7 Å². The first-order chi connectivity index (χ1) is 9.76. The molecule has 0 fully saturated rings. The molecule has 0 saturated heterocycles. The first-order valence-electron chi connectivity index (χ1n) is 6.92. The predicted octanol–water partition coefficient (Wildman–Crippen LogP) is 3.68. The van der Waals surface area contributed by atoms with Crippen molar-refractivity contribution in [2.75, 3.05) is 6.61 Å². The van der Waals surface area contributed by atoms with E-state index in [4.69, 9.17) is 15.2 Å². The molecule has 20 heavy (non-hydrogen) atoms. The van der Waals surface area contributed by atoms with Crippen LogP contribution in [0.4, 0.5) is 0 Å². The molecule has 0 aliphatic carbocycles. The van der Waals surface area contributed by atoms with Gasteiger partial charge in [-0.05, 0) is 25.5 Å². The zero-order chi connectivity index (χ0) is 14.4. The Balaban J connectivity index is 2.27. The Morgan fingerprint density at radius 2 is 1.80 bits per heavy atom. The molecule has 0 heterocycles. The monoisotopic (exact) mass is 271 g/mol. The quantitative estimate of drug-likeness (QED) is 0.871. The fraction of sp³-hybridized carbons (Fsp3) is 0.294. The van der Waals surface area contributed by atoms with Crippen LogP contribution in [0.25, 0.3) is 0 Å². The molecule has 0 amide bonds. The second kappa shape index (κ2) is 6.96. The van der Waals surface area contributed by atoms with Crippen molar-refractivity contribution in [3.8, 4) is 11.5 Å². The van der Waals surface area contributed by atoms with E-state index in [1.54, 1.807) is 0 Å². The van der Waals surface area contributed by atoms with Crippen molar-refractivity contribution in [2.24, 2.45) is 5.73 Å². The van der Waals surface area contributed by atoms with Gasteiger partial charge in [-0.2, -0.15) is 0 Å². The molecule has 1 atom stereocenters. The highest BCUT2D eigenvalue weighted by atomic mass is 16.5. The van der Waals surface area contributed by atoms with Crippen molar-refractivity contribution >= 4 is 0 Å². The van der Waals surface area contributed by atoms with Crippen LogP contribution in [-0.4, -0.2) is 6.61 Å². The molecule has 3 nitrogen and oxygen atoms in total. The first-order valence-corrected chi connectivity index (χ1v) is 6.92. The maximum absolute atomic E-state index is 6.10. The van der Waals surface area contributed by atoms with Gasteiger partial charge in [-0.3, -0.25) is 0 Å². The number of para-hydroxylation sites is 1. The van der Waals surface area contributed by atoms with Crippen LogP contribution in [0.15, 0.2) is 48.5 Å². The summed E-state index contributed by atoms with van der Waals surface area (Å²) in [5.41, 5.74) is 7.88. The lowest BCUT2D eigenvalue weighted by Crippen LogP contribution is -2.08. The number of rotatable bonds is 6. The van der Waals surface area contributed by atoms with Crippen LogP contribution in [0.3, 0.4) is 0 Å². The van der Waals surface area contributed by atoms with Gasteiger partial charge in [0, 0.05) is 12.1 Å². The summed E-state index contributed by atoms with van der Waals surface area (Å²) in [5.74, 6) is 1.49. The number of benzene rings is 2. The fourth-order valence-electron chi connectivity index (χ4n) is 2.09. The summed E-state index contributed by atoms with van der Waals surface area (Å²) in [6, 6.07) is 15.9. The molecule has 2 aromatic rings. The van der Waals surface area contributed by atoms with Crippen molar-refractivity contribution in [1.29, 1.82) is 0 Å². The average Bonchev–Trinajstić information content (AvgIpc) is 2.50. The molecule has 0 bridgehead atoms. The zero-order valence-electron chi connectivity index (χ0n) is 12.0. The lowest BCUT2D eigenvalue weighted by atomic mass is 10.1. The second-order valence-electron chi connectivity index (χ2n) is 4.55. The van der Waals surface area contributed by atoms with Crippen molar-refractivity contribution < 1.29 is 9.47 Å². The van der Waals surface area contributed by atoms with Crippen molar-refractivity contribution in [1.82, 2.24) is 0 Å². The van der Waals surface area contributed by atoms with Gasteiger partial charge in [0.15, 0.2) is 11.5 Å². The Bertz CT molecular complexity index is 540. The fourth-order valence-corrected chi connectivity index (χ4v) is 2.09. The van der Waals surface area contributed by atoms with Gasteiger partial charge in [-0.25, -0.2) is 0 Å². The second-order valence-corrected chi connectivity index (χ2v) is 4.55. The maximum Gasteiger partial charge on any atom is 0.166 e. The summed E-state index contributed by atoms with van der Waals surface area (Å²) in [6.45, 7) is 5.01. The van der Waals surface area contributed by atoms with E-state index < -0.39 is 0 Å². The van der Waals surface area contributed by atoms with E-state index in [1.807, 2.05) is 50.2 Å². The van der Waals surface area contributed by atoms with Crippen LogP contribution in [0, 0.1) is 0 Å². The topological polar surface area (TPSA) is 44.5 Å². The minimum Gasteiger partial charge on any atom is -0.490 e. The molecule has 0 saturated carbocycles. The molecule has 0 aromatic heterocycles. The molecule has 0 aliphatic heterocycles. The maximum atomic E-state index is 6.10. The summed E-state index contributed by atoms with van der Waals surface area (Å²) in [5, 5.41) is 0. The minimum atomic E-state index is -0.0527. The Labute approximate surface area is 120 Å². The van der Waals surface area contributed by atoms with Gasteiger partial charge >= 0.3 is 0 Å². The average molecular weight is 271 g/mol. The number of hydrogen-bond donors (Lipinski definition) is 1. The molecule has 2 N–H and O–H groups in total. The molecule has 0 radical (unpaired) electrons. The Morgan fingerprint density at radius 3 is 2.45 bits per heavy atom. The largest absolute Gasteiger partial charge is 0.490 e. The smallest absolute Gasteiger partial charge is 0.166 e. The molecule has 0 aliphatic rings. The van der Waals surface area contributed by atoms with E-state index in [1.165, 1.54) is 0 Å². The SMILES string of the molecule is CCOc1cccc(CN)c1OC(C)c1ccccc1. The molecular weight excluding hydrogens is 250 g/mol. The summed E-state index contributed by atoms with van der Waals surface area (Å²) in [6.07, 6.45) is -0.0527. The highest BCUT2D eigenvalue weighted by Gasteiger charge is 2.14. The van der Waals surface area contributed by atoms with E-state index in [2.05, 4.69) is 12.1 Å². The van der Waals surface area contributed by atoms with Gasteiger partial charge in [0.25, 0.3) is 0 Å². The molecule has 3 heteroatoms. The summed E-state index contributed by atoms with van der Waals surface area (Å²) < 4.78 is 11.7. The third kappa shape index (κ3) is 3.31. The number of hydrogen-bond acceptors (Lipinski definition) is 3. The molecule has 0 spiro atoms. The first kappa shape index (κ1) is 14.4. The molecule has 2 aromatic carbocycles. The minimum absolute atomic E-state index is 0.0527. The standard InChI is InChI=1S/C17H21NO2/c1-3-19-16-11-7-10-15(12-18)17(16)20-13(2)14-8-5-4-6-9-14/h4-11,13H,3,12,18H2,1-2H3. The van der Waals surface area contributed by atoms with Crippen LogP contribution in [-0.2, 0) is 6.54 Å². The Hall–Kier alpha value is -2.00. The van der Waals surface area contributed by atoms with Gasteiger partial charge in [-0.1, -0.05) is 42.5 Å². The van der Waals surface area contributed by atoms with Gasteiger partial charge in [0.2, 0.25) is 0 Å². The molecule has 106 valence electrons. The van der Waals surface area contributed by atoms with E-state index >= 15 is 0 Å².